The van der Waals surface area contributed by atoms with Gasteiger partial charge in [0.1, 0.15) is 0 Å². The van der Waals surface area contributed by atoms with Crippen molar-refractivity contribution in [1.82, 2.24) is 14.9 Å². The first kappa shape index (κ1) is 27.9. The first-order chi connectivity index (χ1) is 16.8. The Morgan fingerprint density at radius 2 is 1.69 bits per heavy atom. The van der Waals surface area contributed by atoms with E-state index >= 15 is 0 Å². The molecule has 2 heterocycles. The second-order valence-electron chi connectivity index (χ2n) is 9.65. The molecule has 11 heteroatoms. The summed E-state index contributed by atoms with van der Waals surface area (Å²) >= 11 is 0. The van der Waals surface area contributed by atoms with Gasteiger partial charge >= 0.3 is 12.4 Å². The van der Waals surface area contributed by atoms with Gasteiger partial charge in [-0.25, -0.2) is 4.98 Å². The number of likely N-dealkylation sites (tertiary alicyclic amines) is 1. The van der Waals surface area contributed by atoms with Crippen LogP contribution in [0.5, 0.6) is 0 Å². The monoisotopic (exact) mass is 516 g/mol. The summed E-state index contributed by atoms with van der Waals surface area (Å²) in [4.78, 5) is 20.9. The van der Waals surface area contributed by atoms with Crippen LogP contribution in [0.3, 0.4) is 0 Å². The summed E-state index contributed by atoms with van der Waals surface area (Å²) in [6, 6.07) is 3.82. The van der Waals surface area contributed by atoms with Gasteiger partial charge in [-0.15, -0.1) is 0 Å². The number of carbonyl (C=O) groups excluding carboxylic acids is 1. The highest BCUT2D eigenvalue weighted by Gasteiger charge is 2.37. The molecule has 0 saturated carbocycles. The summed E-state index contributed by atoms with van der Waals surface area (Å²) in [7, 11) is 0. The van der Waals surface area contributed by atoms with Crippen LogP contribution in [-0.2, 0) is 17.1 Å². The summed E-state index contributed by atoms with van der Waals surface area (Å²) in [5.74, 6) is -1.16. The Morgan fingerprint density at radius 1 is 1.03 bits per heavy atom. The van der Waals surface area contributed by atoms with E-state index in [4.69, 9.17) is 0 Å². The fourth-order valence-electron chi connectivity index (χ4n) is 4.70. The molecule has 1 aliphatic rings. The lowest BCUT2D eigenvalue weighted by molar-refractivity contribution is -0.307. The molecule has 1 aliphatic heterocycles. The molecular formula is C25H28F6N3O2-. The van der Waals surface area contributed by atoms with E-state index < -0.39 is 41.7 Å². The zero-order chi connectivity index (χ0) is 26.7. The van der Waals surface area contributed by atoms with E-state index in [2.05, 4.69) is 9.97 Å². The molecule has 198 valence electrons. The smallest absolute Gasteiger partial charge is 0.434 e. The van der Waals surface area contributed by atoms with E-state index in [1.807, 2.05) is 18.7 Å². The van der Waals surface area contributed by atoms with Crippen molar-refractivity contribution in [2.45, 2.75) is 70.4 Å². The van der Waals surface area contributed by atoms with Crippen LogP contribution in [0.4, 0.5) is 26.3 Å². The van der Waals surface area contributed by atoms with Crippen LogP contribution in [0.25, 0.3) is 0 Å². The molecular weight excluding hydrogens is 488 g/mol. The number of piperidine rings is 1. The molecule has 0 amide bonds. The topological polar surface area (TPSA) is 69.2 Å². The van der Waals surface area contributed by atoms with E-state index in [-0.39, 0.29) is 18.3 Å². The third-order valence-corrected chi connectivity index (χ3v) is 6.55. The quantitative estimate of drug-likeness (QED) is 0.428. The number of nitrogens with zero attached hydrogens (tertiary/aromatic N) is 3. The zero-order valence-electron chi connectivity index (χ0n) is 19.9. The van der Waals surface area contributed by atoms with Gasteiger partial charge in [0.2, 0.25) is 0 Å². The number of halogens is 6. The highest BCUT2D eigenvalue weighted by Crippen LogP contribution is 2.43. The highest BCUT2D eigenvalue weighted by atomic mass is 19.4. The number of carbonyl (C=O) groups is 1. The van der Waals surface area contributed by atoms with E-state index in [0.717, 1.165) is 24.8 Å². The average molecular weight is 517 g/mol. The minimum Gasteiger partial charge on any atom is -0.550 e. The van der Waals surface area contributed by atoms with E-state index in [0.29, 0.717) is 43.3 Å². The molecule has 1 aromatic heterocycles. The average Bonchev–Trinajstić information content (AvgIpc) is 2.78. The number of carboxylic acids is 1. The van der Waals surface area contributed by atoms with Gasteiger partial charge in [0.25, 0.3) is 0 Å². The van der Waals surface area contributed by atoms with Crippen LogP contribution >= 0.6 is 0 Å². The Labute approximate surface area is 205 Å². The van der Waals surface area contributed by atoms with Gasteiger partial charge in [0.15, 0.2) is 5.69 Å². The van der Waals surface area contributed by atoms with E-state index in [1.165, 1.54) is 12.1 Å². The Hall–Kier alpha value is -2.69. The Kier molecular flexibility index (Phi) is 8.63. The van der Waals surface area contributed by atoms with Crippen molar-refractivity contribution in [3.8, 4) is 0 Å². The fourth-order valence-corrected chi connectivity index (χ4v) is 4.70. The summed E-state index contributed by atoms with van der Waals surface area (Å²) in [6.07, 6.45) is -5.40. The van der Waals surface area contributed by atoms with Crippen LogP contribution in [0, 0.1) is 11.8 Å². The maximum absolute atomic E-state index is 13.1. The molecule has 0 aliphatic carbocycles. The molecule has 0 spiro atoms. The maximum Gasteiger partial charge on any atom is 0.434 e. The van der Waals surface area contributed by atoms with Crippen molar-refractivity contribution in [2.24, 2.45) is 11.8 Å². The summed E-state index contributed by atoms with van der Waals surface area (Å²) in [5.41, 5.74) is -1.01. The lowest BCUT2D eigenvalue weighted by Crippen LogP contribution is -2.41. The number of carboxylic acid groups (broad SMARTS) is 1. The molecule has 0 N–H and O–H groups in total. The molecule has 1 saturated heterocycles. The number of alkyl halides is 6. The minimum absolute atomic E-state index is 0.179. The van der Waals surface area contributed by atoms with Gasteiger partial charge in [0.05, 0.1) is 29.7 Å². The molecule has 1 fully saturated rings. The van der Waals surface area contributed by atoms with Crippen LogP contribution in [0.15, 0.2) is 36.7 Å². The lowest BCUT2D eigenvalue weighted by Gasteiger charge is -2.44. The van der Waals surface area contributed by atoms with Crippen LogP contribution in [0.1, 0.15) is 80.6 Å². The van der Waals surface area contributed by atoms with Crippen LogP contribution < -0.4 is 5.11 Å². The van der Waals surface area contributed by atoms with Crippen molar-refractivity contribution in [2.75, 3.05) is 6.54 Å². The maximum atomic E-state index is 13.1. The van der Waals surface area contributed by atoms with Gasteiger partial charge in [-0.2, -0.15) is 26.3 Å². The summed E-state index contributed by atoms with van der Waals surface area (Å²) in [6.45, 7) is 4.42. The second kappa shape index (κ2) is 11.1. The summed E-state index contributed by atoms with van der Waals surface area (Å²) in [5, 5.41) is 11.2. The molecule has 0 radical (unpaired) electrons. The standard InChI is InChI=1S/C25H29F6N3O2/c1-15(2)3-8-20(19-13-33-22(14-32-19)25(29,30)31)34-10-9-16(12-23(35)36)11-21(34)17-4-6-18(7-5-17)24(26,27)28/h4-7,13-16,20-21H,3,8-12H2,1-2H3,(H,35,36)/p-1/t16-,20-,21+/m1/s1. The number of hydrogen-bond donors (Lipinski definition) is 0. The third kappa shape index (κ3) is 7.18. The Morgan fingerprint density at radius 3 is 2.19 bits per heavy atom. The summed E-state index contributed by atoms with van der Waals surface area (Å²) < 4.78 is 78.4. The predicted molar refractivity (Wildman–Crippen MR) is 117 cm³/mol. The Balaban J connectivity index is 1.99. The molecule has 3 rings (SSSR count). The van der Waals surface area contributed by atoms with Gasteiger partial charge in [-0.1, -0.05) is 26.0 Å². The van der Waals surface area contributed by atoms with Gasteiger partial charge in [0, 0.05) is 12.0 Å². The highest BCUT2D eigenvalue weighted by molar-refractivity contribution is 5.64. The van der Waals surface area contributed by atoms with Crippen LogP contribution in [0.2, 0.25) is 0 Å². The van der Waals surface area contributed by atoms with Crippen molar-refractivity contribution < 1.29 is 36.2 Å². The fraction of sp³-hybridized carbons (Fsp3) is 0.560. The van der Waals surface area contributed by atoms with Crippen molar-refractivity contribution >= 4 is 5.97 Å². The first-order valence-electron chi connectivity index (χ1n) is 11.8. The van der Waals surface area contributed by atoms with Crippen LogP contribution in [-0.4, -0.2) is 27.4 Å². The molecule has 36 heavy (non-hydrogen) atoms. The number of aromatic nitrogens is 2. The third-order valence-electron chi connectivity index (χ3n) is 6.55. The molecule has 3 atom stereocenters. The zero-order valence-corrected chi connectivity index (χ0v) is 19.9. The lowest BCUT2D eigenvalue weighted by atomic mass is 9.83. The first-order valence-corrected chi connectivity index (χ1v) is 11.8. The molecule has 5 nitrogen and oxygen atoms in total. The predicted octanol–water partition coefficient (Wildman–Crippen LogP) is 5.58. The Bertz CT molecular complexity index is 1010. The largest absolute Gasteiger partial charge is 0.550 e. The van der Waals surface area contributed by atoms with E-state index in [9.17, 15) is 36.2 Å². The van der Waals surface area contributed by atoms with Gasteiger partial charge < -0.3 is 9.90 Å². The number of aliphatic carboxylic acids is 1. The van der Waals surface area contributed by atoms with Crippen molar-refractivity contribution in [1.29, 1.82) is 0 Å². The number of rotatable bonds is 8. The molecule has 2 aromatic rings. The van der Waals surface area contributed by atoms with Crippen molar-refractivity contribution in [3.63, 3.8) is 0 Å². The molecule has 0 bridgehead atoms. The molecule has 1 aromatic carbocycles. The van der Waals surface area contributed by atoms with Gasteiger partial charge in [-0.3, -0.25) is 9.88 Å². The second-order valence-corrected chi connectivity index (χ2v) is 9.65. The number of hydrogen-bond acceptors (Lipinski definition) is 5. The molecule has 0 unspecified atom stereocenters. The van der Waals surface area contributed by atoms with E-state index in [1.54, 1.807) is 0 Å². The number of benzene rings is 1. The SMILES string of the molecule is CC(C)CC[C@H](c1cnc(C(F)(F)F)cn1)N1CC[C@@H](CC(=O)[O-])C[C@H]1c1ccc(C(F)(F)F)cc1. The minimum atomic E-state index is -4.63. The van der Waals surface area contributed by atoms with Crippen molar-refractivity contribution in [3.05, 3.63) is 59.2 Å². The van der Waals surface area contributed by atoms with Gasteiger partial charge in [-0.05, 0) is 68.2 Å². The normalized spacial score (nSPS) is 20.5.